The van der Waals surface area contributed by atoms with Gasteiger partial charge in [0.25, 0.3) is 0 Å². The topological polar surface area (TPSA) is 84.3 Å². The Bertz CT molecular complexity index is 1190. The summed E-state index contributed by atoms with van der Waals surface area (Å²) in [6.07, 6.45) is 17.2. The smallest absolute Gasteiger partial charge is 0.130 e. The zero-order valence-corrected chi connectivity index (χ0v) is 22.4. The Labute approximate surface area is 222 Å². The summed E-state index contributed by atoms with van der Waals surface area (Å²) in [5.74, 6) is 2.16. The molecule has 1 aliphatic heterocycles. The molecule has 0 amide bonds. The van der Waals surface area contributed by atoms with Gasteiger partial charge < -0.3 is 10.5 Å². The minimum Gasteiger partial charge on any atom is -0.487 e. The van der Waals surface area contributed by atoms with Gasteiger partial charge in [-0.1, -0.05) is 44.7 Å². The van der Waals surface area contributed by atoms with Gasteiger partial charge in [-0.2, -0.15) is 5.26 Å². The first kappa shape index (κ1) is 26.8. The van der Waals surface area contributed by atoms with Gasteiger partial charge in [-0.25, -0.2) is 0 Å². The number of nitriles is 1. The SMILES string of the molecule is C\C1=N/C(COc2cc(C#N)ccc2-c2ccc(CCN)cn2)=C\C(CC2CCCCCC2C)=C/CC1. The minimum absolute atomic E-state index is 0.349. The van der Waals surface area contributed by atoms with Gasteiger partial charge in [0, 0.05) is 17.5 Å². The summed E-state index contributed by atoms with van der Waals surface area (Å²) in [6.45, 7) is 5.46. The number of ether oxygens (including phenoxy) is 1. The molecule has 2 heterocycles. The Hall–Kier alpha value is -3.23. The van der Waals surface area contributed by atoms with Crippen molar-refractivity contribution in [1.29, 1.82) is 5.26 Å². The maximum atomic E-state index is 9.50. The van der Waals surface area contributed by atoms with E-state index in [4.69, 9.17) is 15.5 Å². The summed E-state index contributed by atoms with van der Waals surface area (Å²) in [5.41, 5.74) is 12.5. The monoisotopic (exact) mass is 496 g/mol. The molecule has 2 atom stereocenters. The molecule has 1 aromatic carbocycles. The van der Waals surface area contributed by atoms with E-state index in [0.29, 0.717) is 24.5 Å². The highest BCUT2D eigenvalue weighted by atomic mass is 16.5. The van der Waals surface area contributed by atoms with Crippen LogP contribution >= 0.6 is 0 Å². The molecule has 1 aromatic heterocycles. The highest BCUT2D eigenvalue weighted by Crippen LogP contribution is 2.34. The number of nitrogens with zero attached hydrogens (tertiary/aromatic N) is 3. The first-order chi connectivity index (χ1) is 18.1. The van der Waals surface area contributed by atoms with E-state index in [1.165, 1.54) is 37.7 Å². The van der Waals surface area contributed by atoms with Crippen LogP contribution in [0.15, 0.2) is 64.9 Å². The fourth-order valence-corrected chi connectivity index (χ4v) is 5.44. The second-order valence-electron chi connectivity index (χ2n) is 10.6. The van der Waals surface area contributed by atoms with Crippen LogP contribution in [0, 0.1) is 23.2 Å². The summed E-state index contributed by atoms with van der Waals surface area (Å²) in [5, 5.41) is 9.50. The lowest BCUT2D eigenvalue weighted by molar-refractivity contribution is 0.335. The van der Waals surface area contributed by atoms with E-state index in [0.717, 1.165) is 65.7 Å². The molecule has 0 bridgehead atoms. The third-order valence-electron chi connectivity index (χ3n) is 7.66. The van der Waals surface area contributed by atoms with Crippen LogP contribution in [0.2, 0.25) is 0 Å². The molecule has 4 rings (SSSR count). The molecule has 194 valence electrons. The molecule has 2 N–H and O–H groups in total. The Kier molecular flexibility index (Phi) is 9.68. The van der Waals surface area contributed by atoms with Crippen LogP contribution < -0.4 is 10.5 Å². The van der Waals surface area contributed by atoms with Crippen LogP contribution in [-0.4, -0.2) is 23.8 Å². The van der Waals surface area contributed by atoms with E-state index in [1.807, 2.05) is 30.5 Å². The second-order valence-corrected chi connectivity index (χ2v) is 10.6. The van der Waals surface area contributed by atoms with Gasteiger partial charge >= 0.3 is 0 Å². The third-order valence-corrected chi connectivity index (χ3v) is 7.66. The number of pyridine rings is 1. The second kappa shape index (κ2) is 13.4. The average molecular weight is 497 g/mol. The minimum atomic E-state index is 0.349. The number of nitrogens with two attached hydrogens (primary N) is 1. The average Bonchev–Trinajstić information content (AvgIpc) is 3.10. The standard InChI is InChI=1S/C32H40N4O/c1-23-7-4-3-5-10-28(23)17-26-9-6-8-24(2)36-29(18-26)22-37-32-19-27(20-34)11-13-30(32)31-14-12-25(15-16-33)21-35-31/h9,11-14,18-19,21,23,28H,3-8,10,15-17,22,33H2,1-2H3/b26-9-,29-18-,36-24+. The van der Waals surface area contributed by atoms with Crippen LogP contribution in [0.5, 0.6) is 5.75 Å². The van der Waals surface area contributed by atoms with E-state index < -0.39 is 0 Å². The molecule has 0 saturated heterocycles. The molecule has 0 spiro atoms. The molecular formula is C32H40N4O. The largest absolute Gasteiger partial charge is 0.487 e. The Morgan fingerprint density at radius 1 is 1.14 bits per heavy atom. The van der Waals surface area contributed by atoms with E-state index in [1.54, 1.807) is 6.07 Å². The van der Waals surface area contributed by atoms with Crippen LogP contribution in [0.4, 0.5) is 0 Å². The van der Waals surface area contributed by atoms with Gasteiger partial charge in [-0.15, -0.1) is 0 Å². The van der Waals surface area contributed by atoms with Crippen molar-refractivity contribution in [2.45, 2.75) is 71.6 Å². The van der Waals surface area contributed by atoms with Crippen molar-refractivity contribution < 1.29 is 4.74 Å². The fourth-order valence-electron chi connectivity index (χ4n) is 5.44. The van der Waals surface area contributed by atoms with E-state index in [2.05, 4.69) is 37.1 Å². The molecule has 2 unspecified atom stereocenters. The van der Waals surface area contributed by atoms with Crippen LogP contribution in [-0.2, 0) is 6.42 Å². The molecule has 37 heavy (non-hydrogen) atoms. The van der Waals surface area contributed by atoms with Gasteiger partial charge in [0.1, 0.15) is 12.4 Å². The predicted molar refractivity (Wildman–Crippen MR) is 152 cm³/mol. The van der Waals surface area contributed by atoms with Crippen molar-refractivity contribution >= 4 is 5.71 Å². The summed E-state index contributed by atoms with van der Waals surface area (Å²) >= 11 is 0. The van der Waals surface area contributed by atoms with Crippen molar-refractivity contribution in [3.8, 4) is 23.1 Å². The fraction of sp³-hybridized carbons (Fsp3) is 0.469. The highest BCUT2D eigenvalue weighted by molar-refractivity contribution is 5.83. The zero-order chi connectivity index (χ0) is 26.0. The third kappa shape index (κ3) is 7.63. The summed E-state index contributed by atoms with van der Waals surface area (Å²) in [6, 6.07) is 11.8. The first-order valence-corrected chi connectivity index (χ1v) is 13.8. The van der Waals surface area contributed by atoms with Gasteiger partial charge in [0.05, 0.1) is 23.0 Å². The van der Waals surface area contributed by atoms with Crippen molar-refractivity contribution in [2.24, 2.45) is 22.6 Å². The van der Waals surface area contributed by atoms with Crippen molar-refractivity contribution in [3.05, 3.63) is 71.1 Å². The van der Waals surface area contributed by atoms with Crippen molar-refractivity contribution in [3.63, 3.8) is 0 Å². The molecule has 2 aliphatic rings. The molecule has 5 nitrogen and oxygen atoms in total. The predicted octanol–water partition coefficient (Wildman–Crippen LogP) is 7.17. The zero-order valence-electron chi connectivity index (χ0n) is 22.4. The van der Waals surface area contributed by atoms with Crippen molar-refractivity contribution in [2.75, 3.05) is 13.2 Å². The summed E-state index contributed by atoms with van der Waals surface area (Å²) in [4.78, 5) is 9.57. The molecule has 1 aliphatic carbocycles. The quantitative estimate of drug-likeness (QED) is 0.393. The Balaban J connectivity index is 1.56. The number of aliphatic imine (C=N–C) groups is 1. The Morgan fingerprint density at radius 3 is 2.78 bits per heavy atom. The number of hydrogen-bond donors (Lipinski definition) is 1. The lowest BCUT2D eigenvalue weighted by Gasteiger charge is -2.23. The van der Waals surface area contributed by atoms with Gasteiger partial charge in [-0.05, 0) is 98.9 Å². The van der Waals surface area contributed by atoms with Gasteiger partial charge in [0.2, 0.25) is 0 Å². The molecule has 2 aromatic rings. The summed E-state index contributed by atoms with van der Waals surface area (Å²) in [7, 11) is 0. The van der Waals surface area contributed by atoms with Crippen LogP contribution in [0.3, 0.4) is 0 Å². The normalized spacial score (nSPS) is 24.6. The molecule has 0 radical (unpaired) electrons. The van der Waals surface area contributed by atoms with E-state index >= 15 is 0 Å². The first-order valence-electron chi connectivity index (χ1n) is 13.8. The maximum Gasteiger partial charge on any atom is 0.130 e. The molecule has 1 fully saturated rings. The number of allylic oxidation sites excluding steroid dienone is 3. The number of rotatable bonds is 8. The summed E-state index contributed by atoms with van der Waals surface area (Å²) < 4.78 is 6.36. The Morgan fingerprint density at radius 2 is 2.00 bits per heavy atom. The van der Waals surface area contributed by atoms with Crippen LogP contribution in [0.1, 0.15) is 76.3 Å². The van der Waals surface area contributed by atoms with E-state index in [-0.39, 0.29) is 0 Å². The number of hydrogen-bond acceptors (Lipinski definition) is 5. The maximum absolute atomic E-state index is 9.50. The number of benzene rings is 1. The molecule has 5 heteroatoms. The van der Waals surface area contributed by atoms with Gasteiger partial charge in [0.15, 0.2) is 0 Å². The lowest BCUT2D eigenvalue weighted by Crippen LogP contribution is -2.12. The van der Waals surface area contributed by atoms with E-state index in [9.17, 15) is 5.26 Å². The van der Waals surface area contributed by atoms with Gasteiger partial charge in [-0.3, -0.25) is 9.98 Å². The molecular weight excluding hydrogens is 456 g/mol. The van der Waals surface area contributed by atoms with Crippen LogP contribution in [0.25, 0.3) is 11.3 Å². The molecule has 1 saturated carbocycles. The van der Waals surface area contributed by atoms with Crippen molar-refractivity contribution in [1.82, 2.24) is 4.98 Å². The highest BCUT2D eigenvalue weighted by Gasteiger charge is 2.21. The lowest BCUT2D eigenvalue weighted by atomic mass is 9.83. The number of aromatic nitrogens is 1.